The molecule has 5 heteroatoms. The number of nitrogens with one attached hydrogen (secondary N) is 1. The highest BCUT2D eigenvalue weighted by Gasteiger charge is 2.20. The lowest BCUT2D eigenvalue weighted by molar-refractivity contribution is 0.184. The van der Waals surface area contributed by atoms with Gasteiger partial charge in [0, 0.05) is 36.1 Å². The second-order valence-electron chi connectivity index (χ2n) is 6.21. The number of hydrogen-bond acceptors (Lipinski definition) is 5. The van der Waals surface area contributed by atoms with Crippen LogP contribution >= 0.6 is 11.3 Å². The van der Waals surface area contributed by atoms with Gasteiger partial charge in [-0.15, -0.1) is 11.3 Å². The van der Waals surface area contributed by atoms with E-state index in [1.165, 1.54) is 24.3 Å². The van der Waals surface area contributed by atoms with E-state index in [9.17, 15) is 0 Å². The predicted octanol–water partition coefficient (Wildman–Crippen LogP) is 3.52. The average Bonchev–Trinajstić information content (AvgIpc) is 3.13. The van der Waals surface area contributed by atoms with Gasteiger partial charge in [0.15, 0.2) is 0 Å². The molecule has 1 fully saturated rings. The molecule has 0 spiro atoms. The maximum absolute atomic E-state index is 5.47. The van der Waals surface area contributed by atoms with Crippen molar-refractivity contribution in [1.29, 1.82) is 0 Å². The minimum Gasteiger partial charge on any atom is -0.497 e. The smallest absolute Gasteiger partial charge is 0.123 e. The molecule has 3 rings (SSSR count). The van der Waals surface area contributed by atoms with E-state index < -0.39 is 0 Å². The Morgan fingerprint density at radius 2 is 2.17 bits per heavy atom. The number of benzene rings is 1. The van der Waals surface area contributed by atoms with Gasteiger partial charge >= 0.3 is 0 Å². The molecule has 1 aliphatic heterocycles. The molecule has 130 valence electrons. The monoisotopic (exact) mass is 346 g/mol. The third-order valence-corrected chi connectivity index (χ3v) is 5.39. The number of thiophene rings is 1. The van der Waals surface area contributed by atoms with Crippen LogP contribution in [-0.4, -0.2) is 38.3 Å². The minimum atomic E-state index is 0.523. The van der Waals surface area contributed by atoms with E-state index in [-0.39, 0.29) is 0 Å². The van der Waals surface area contributed by atoms with Crippen LogP contribution in [0.4, 0.5) is 0 Å². The van der Waals surface area contributed by atoms with Gasteiger partial charge in [0.2, 0.25) is 0 Å². The summed E-state index contributed by atoms with van der Waals surface area (Å²) < 4.78 is 10.8. The van der Waals surface area contributed by atoms with Crippen molar-refractivity contribution < 1.29 is 9.47 Å². The van der Waals surface area contributed by atoms with Crippen LogP contribution in [0.2, 0.25) is 0 Å². The highest BCUT2D eigenvalue weighted by molar-refractivity contribution is 7.09. The van der Waals surface area contributed by atoms with Crippen molar-refractivity contribution in [2.45, 2.75) is 32.0 Å². The van der Waals surface area contributed by atoms with E-state index in [2.05, 4.69) is 33.8 Å². The molecular formula is C19H26N2O2S. The third kappa shape index (κ3) is 4.50. The molecule has 4 nitrogen and oxygen atoms in total. The molecule has 1 aromatic heterocycles. The predicted molar refractivity (Wildman–Crippen MR) is 99.0 cm³/mol. The topological polar surface area (TPSA) is 33.7 Å². The second-order valence-corrected chi connectivity index (χ2v) is 7.24. The largest absolute Gasteiger partial charge is 0.497 e. The lowest BCUT2D eigenvalue weighted by atomic mass is 10.0. The molecule has 0 bridgehead atoms. The van der Waals surface area contributed by atoms with Crippen molar-refractivity contribution in [1.82, 2.24) is 10.2 Å². The standard InChI is InChI=1S/C19H26N2O2S/c1-22-17-7-8-19(23-2)15(11-17)12-20-16-5-3-9-21(13-16)14-18-6-4-10-24-18/h4,6-8,10-11,16,20H,3,5,9,12-14H2,1-2H3. The number of hydrogen-bond donors (Lipinski definition) is 1. The lowest BCUT2D eigenvalue weighted by Crippen LogP contribution is -2.44. The first-order chi connectivity index (χ1) is 11.8. The Bertz CT molecular complexity index is 630. The Labute approximate surface area is 148 Å². The van der Waals surface area contributed by atoms with Gasteiger partial charge in [-0.2, -0.15) is 0 Å². The van der Waals surface area contributed by atoms with E-state index in [0.717, 1.165) is 36.7 Å². The van der Waals surface area contributed by atoms with E-state index in [4.69, 9.17) is 9.47 Å². The fourth-order valence-corrected chi connectivity index (χ4v) is 4.01. The van der Waals surface area contributed by atoms with Gasteiger partial charge < -0.3 is 14.8 Å². The SMILES string of the molecule is COc1ccc(OC)c(CNC2CCCN(Cc3cccs3)C2)c1. The van der Waals surface area contributed by atoms with Crippen LogP contribution in [0.1, 0.15) is 23.3 Å². The van der Waals surface area contributed by atoms with Crippen LogP contribution in [-0.2, 0) is 13.1 Å². The number of rotatable bonds is 7. The molecule has 1 N–H and O–H groups in total. The number of likely N-dealkylation sites (tertiary alicyclic amines) is 1. The summed E-state index contributed by atoms with van der Waals surface area (Å²) in [6.07, 6.45) is 2.48. The molecule has 1 saturated heterocycles. The van der Waals surface area contributed by atoms with Crippen molar-refractivity contribution in [2.24, 2.45) is 0 Å². The molecule has 1 aromatic carbocycles. The highest BCUT2D eigenvalue weighted by atomic mass is 32.1. The van der Waals surface area contributed by atoms with Crippen LogP contribution in [0, 0.1) is 0 Å². The molecule has 1 atom stereocenters. The highest BCUT2D eigenvalue weighted by Crippen LogP contribution is 2.24. The molecule has 0 radical (unpaired) electrons. The number of piperidine rings is 1. The van der Waals surface area contributed by atoms with Crippen LogP contribution < -0.4 is 14.8 Å². The van der Waals surface area contributed by atoms with E-state index >= 15 is 0 Å². The maximum atomic E-state index is 5.47. The number of methoxy groups -OCH3 is 2. The summed E-state index contributed by atoms with van der Waals surface area (Å²) in [6, 6.07) is 10.8. The Morgan fingerprint density at radius 3 is 2.92 bits per heavy atom. The molecule has 2 heterocycles. The molecule has 0 amide bonds. The van der Waals surface area contributed by atoms with E-state index in [0.29, 0.717) is 6.04 Å². The normalized spacial score (nSPS) is 18.5. The van der Waals surface area contributed by atoms with Crippen molar-refractivity contribution in [3.63, 3.8) is 0 Å². The fourth-order valence-electron chi connectivity index (χ4n) is 3.26. The first kappa shape index (κ1) is 17.3. The van der Waals surface area contributed by atoms with Gasteiger partial charge in [-0.1, -0.05) is 6.07 Å². The quantitative estimate of drug-likeness (QED) is 0.832. The van der Waals surface area contributed by atoms with Crippen LogP contribution in [0.25, 0.3) is 0 Å². The van der Waals surface area contributed by atoms with Gasteiger partial charge in [0.1, 0.15) is 11.5 Å². The van der Waals surface area contributed by atoms with Gasteiger partial charge in [-0.05, 0) is 49.0 Å². The summed E-state index contributed by atoms with van der Waals surface area (Å²) >= 11 is 1.84. The first-order valence-electron chi connectivity index (χ1n) is 8.47. The van der Waals surface area contributed by atoms with E-state index in [1.54, 1.807) is 14.2 Å². The summed E-state index contributed by atoms with van der Waals surface area (Å²) in [7, 11) is 3.41. The molecular weight excluding hydrogens is 320 g/mol. The van der Waals surface area contributed by atoms with Crippen molar-refractivity contribution >= 4 is 11.3 Å². The van der Waals surface area contributed by atoms with Gasteiger partial charge in [0.25, 0.3) is 0 Å². The molecule has 0 saturated carbocycles. The molecule has 1 unspecified atom stereocenters. The molecule has 2 aromatic rings. The zero-order valence-electron chi connectivity index (χ0n) is 14.5. The lowest BCUT2D eigenvalue weighted by Gasteiger charge is -2.33. The molecule has 24 heavy (non-hydrogen) atoms. The van der Waals surface area contributed by atoms with Crippen LogP contribution in [0.5, 0.6) is 11.5 Å². The molecule has 0 aliphatic carbocycles. The zero-order valence-corrected chi connectivity index (χ0v) is 15.3. The Hall–Kier alpha value is -1.56. The number of ether oxygens (including phenoxy) is 2. The summed E-state index contributed by atoms with van der Waals surface area (Å²) in [5, 5.41) is 5.86. The van der Waals surface area contributed by atoms with Crippen LogP contribution in [0.15, 0.2) is 35.7 Å². The summed E-state index contributed by atoms with van der Waals surface area (Å²) in [4.78, 5) is 4.00. The summed E-state index contributed by atoms with van der Waals surface area (Å²) in [5.74, 6) is 1.78. The fraction of sp³-hybridized carbons (Fsp3) is 0.474. The van der Waals surface area contributed by atoms with Gasteiger partial charge in [-0.25, -0.2) is 0 Å². The molecule has 1 aliphatic rings. The average molecular weight is 346 g/mol. The van der Waals surface area contributed by atoms with Crippen molar-refractivity contribution in [2.75, 3.05) is 27.3 Å². The minimum absolute atomic E-state index is 0.523. The maximum Gasteiger partial charge on any atom is 0.123 e. The first-order valence-corrected chi connectivity index (χ1v) is 9.35. The second kappa shape index (κ2) is 8.51. The summed E-state index contributed by atoms with van der Waals surface area (Å²) in [5.41, 5.74) is 1.15. The zero-order chi connectivity index (χ0) is 16.8. The van der Waals surface area contributed by atoms with Gasteiger partial charge in [-0.3, -0.25) is 4.90 Å². The van der Waals surface area contributed by atoms with Crippen molar-refractivity contribution in [3.8, 4) is 11.5 Å². The number of nitrogens with zero attached hydrogens (tertiary/aromatic N) is 1. The Morgan fingerprint density at radius 1 is 1.25 bits per heavy atom. The Kier molecular flexibility index (Phi) is 6.12. The third-order valence-electron chi connectivity index (χ3n) is 4.53. The van der Waals surface area contributed by atoms with Crippen molar-refractivity contribution in [3.05, 3.63) is 46.2 Å². The van der Waals surface area contributed by atoms with E-state index in [1.807, 2.05) is 23.5 Å². The Balaban J connectivity index is 1.56. The van der Waals surface area contributed by atoms with Gasteiger partial charge in [0.05, 0.1) is 14.2 Å². The summed E-state index contributed by atoms with van der Waals surface area (Å²) in [6.45, 7) is 4.17. The van der Waals surface area contributed by atoms with Crippen LogP contribution in [0.3, 0.4) is 0 Å².